The smallest absolute Gasteiger partial charge is 0.343 e. The Kier molecular flexibility index (Phi) is 8.49. The number of nitro groups is 1. The third-order valence-electron chi connectivity index (χ3n) is 6.43. The summed E-state index contributed by atoms with van der Waals surface area (Å²) in [4.78, 5) is 53.4. The predicted molar refractivity (Wildman–Crippen MR) is 161 cm³/mol. The molecule has 11 heteroatoms. The molecule has 0 aromatic heterocycles. The van der Waals surface area contributed by atoms with Crippen molar-refractivity contribution in [3.63, 3.8) is 0 Å². The van der Waals surface area contributed by atoms with Gasteiger partial charge in [0.15, 0.2) is 11.5 Å². The van der Waals surface area contributed by atoms with Gasteiger partial charge in [0.25, 0.3) is 17.5 Å². The van der Waals surface area contributed by atoms with Crippen LogP contribution in [0.1, 0.15) is 18.1 Å². The minimum atomic E-state index is -0.803. The number of hydrogen-bond acceptors (Lipinski definition) is 7. The lowest BCUT2D eigenvalue weighted by Crippen LogP contribution is -2.57. The zero-order valence-electron chi connectivity index (χ0n) is 22.8. The van der Waals surface area contributed by atoms with Gasteiger partial charge in [0, 0.05) is 12.1 Å². The van der Waals surface area contributed by atoms with Crippen LogP contribution in [0, 0.1) is 10.1 Å². The normalized spacial score (nSPS) is 13.3. The van der Waals surface area contributed by atoms with Crippen LogP contribution in [0.25, 0.3) is 6.08 Å². The van der Waals surface area contributed by atoms with Crippen molar-refractivity contribution in [2.75, 3.05) is 16.4 Å². The summed E-state index contributed by atoms with van der Waals surface area (Å²) in [6, 6.07) is 24.9. The van der Waals surface area contributed by atoms with Crippen molar-refractivity contribution < 1.29 is 28.8 Å². The molecule has 0 aliphatic carbocycles. The number of rotatable bonds is 9. The van der Waals surface area contributed by atoms with E-state index < -0.39 is 22.8 Å². The SMILES string of the molecule is CCOc1cc(C=C2C(=O)N(c3ccccc3)C(=O)N(c3ccccc3)C2=O)cc(Cl)c1OCc1cccc([N+](=O)[O-])c1. The number of amides is 4. The summed E-state index contributed by atoms with van der Waals surface area (Å²) >= 11 is 6.59. The number of ether oxygens (including phenoxy) is 2. The zero-order valence-corrected chi connectivity index (χ0v) is 23.6. The molecule has 0 radical (unpaired) electrons. The first-order valence-electron chi connectivity index (χ1n) is 13.2. The van der Waals surface area contributed by atoms with Crippen molar-refractivity contribution >= 4 is 52.6 Å². The van der Waals surface area contributed by atoms with Crippen molar-refractivity contribution in [3.8, 4) is 11.5 Å². The Bertz CT molecular complexity index is 1680. The summed E-state index contributed by atoms with van der Waals surface area (Å²) in [6.45, 7) is 1.98. The molecule has 0 spiro atoms. The van der Waals surface area contributed by atoms with E-state index in [0.717, 1.165) is 9.80 Å². The summed E-state index contributed by atoms with van der Waals surface area (Å²) in [5, 5.41) is 11.3. The lowest BCUT2D eigenvalue weighted by Gasteiger charge is -2.34. The van der Waals surface area contributed by atoms with Gasteiger partial charge in [0.1, 0.15) is 12.2 Å². The van der Waals surface area contributed by atoms with E-state index in [1.807, 2.05) is 0 Å². The summed E-state index contributed by atoms with van der Waals surface area (Å²) in [7, 11) is 0. The second-order valence-corrected chi connectivity index (χ2v) is 9.68. The van der Waals surface area contributed by atoms with E-state index in [4.69, 9.17) is 21.1 Å². The zero-order chi connectivity index (χ0) is 30.5. The van der Waals surface area contributed by atoms with E-state index in [2.05, 4.69) is 0 Å². The number of halogens is 1. The molecule has 0 bridgehead atoms. The minimum absolute atomic E-state index is 0.0287. The van der Waals surface area contributed by atoms with Crippen molar-refractivity contribution in [2.45, 2.75) is 13.5 Å². The maximum Gasteiger partial charge on any atom is 0.343 e. The van der Waals surface area contributed by atoms with Gasteiger partial charge in [0.05, 0.1) is 27.9 Å². The van der Waals surface area contributed by atoms with E-state index >= 15 is 0 Å². The highest BCUT2D eigenvalue weighted by Crippen LogP contribution is 2.39. The van der Waals surface area contributed by atoms with Crippen LogP contribution in [0.3, 0.4) is 0 Å². The predicted octanol–water partition coefficient (Wildman–Crippen LogP) is 6.81. The molecule has 216 valence electrons. The highest BCUT2D eigenvalue weighted by Gasteiger charge is 2.43. The number of anilines is 2. The maximum atomic E-state index is 13.7. The second kappa shape index (κ2) is 12.6. The Morgan fingerprint density at radius 1 is 0.814 bits per heavy atom. The van der Waals surface area contributed by atoms with Crippen molar-refractivity contribution in [1.29, 1.82) is 0 Å². The first kappa shape index (κ1) is 29.0. The van der Waals surface area contributed by atoms with Crippen LogP contribution in [-0.2, 0) is 16.2 Å². The van der Waals surface area contributed by atoms with Gasteiger partial charge in [-0.2, -0.15) is 0 Å². The second-order valence-electron chi connectivity index (χ2n) is 9.27. The minimum Gasteiger partial charge on any atom is -0.490 e. The lowest BCUT2D eigenvalue weighted by molar-refractivity contribution is -0.384. The van der Waals surface area contributed by atoms with Gasteiger partial charge >= 0.3 is 6.03 Å². The number of nitrogens with zero attached hydrogens (tertiary/aromatic N) is 3. The Hall–Kier alpha value is -5.48. The van der Waals surface area contributed by atoms with Gasteiger partial charge in [-0.25, -0.2) is 14.6 Å². The summed E-state index contributed by atoms with van der Waals surface area (Å²) < 4.78 is 11.7. The molecule has 4 aromatic rings. The van der Waals surface area contributed by atoms with Crippen LogP contribution in [-0.4, -0.2) is 29.4 Å². The van der Waals surface area contributed by atoms with Crippen LogP contribution in [0.4, 0.5) is 21.9 Å². The van der Waals surface area contributed by atoms with Gasteiger partial charge in [-0.05, 0) is 60.5 Å². The fourth-order valence-corrected chi connectivity index (χ4v) is 4.77. The van der Waals surface area contributed by atoms with Crippen molar-refractivity contribution in [1.82, 2.24) is 0 Å². The molecule has 1 aliphatic rings. The number of carbonyl (C=O) groups is 3. The van der Waals surface area contributed by atoms with Crippen LogP contribution in [0.15, 0.2) is 103 Å². The van der Waals surface area contributed by atoms with E-state index in [9.17, 15) is 24.5 Å². The fraction of sp³-hybridized carbons (Fsp3) is 0.0938. The molecule has 5 rings (SSSR count). The molecule has 4 amide bonds. The third-order valence-corrected chi connectivity index (χ3v) is 6.71. The number of non-ortho nitro benzene ring substituents is 1. The van der Waals surface area contributed by atoms with Crippen LogP contribution >= 0.6 is 11.6 Å². The summed E-state index contributed by atoms with van der Waals surface area (Å²) in [5.74, 6) is -1.17. The Labute approximate surface area is 251 Å². The third kappa shape index (κ3) is 6.09. The number of urea groups is 1. The standard InChI is InChI=1S/C32H24ClN3O7/c1-2-42-28-19-22(18-27(33)29(28)43-20-21-10-9-15-25(16-21)36(40)41)17-26-30(37)34(23-11-5-3-6-12-23)32(39)35(31(26)38)24-13-7-4-8-14-24/h3-19H,2,20H2,1H3. The lowest BCUT2D eigenvalue weighted by atomic mass is 10.0. The molecule has 0 atom stereocenters. The molecule has 43 heavy (non-hydrogen) atoms. The number of barbiturate groups is 1. The molecule has 0 unspecified atom stereocenters. The largest absolute Gasteiger partial charge is 0.490 e. The van der Waals surface area contributed by atoms with E-state index in [1.54, 1.807) is 85.8 Å². The monoisotopic (exact) mass is 597 g/mol. The topological polar surface area (TPSA) is 119 Å². The molecule has 1 aliphatic heterocycles. The van der Waals surface area contributed by atoms with E-state index in [1.165, 1.54) is 24.3 Å². The Morgan fingerprint density at radius 2 is 1.42 bits per heavy atom. The quantitative estimate of drug-likeness (QED) is 0.0899. The van der Waals surface area contributed by atoms with Gasteiger partial charge in [-0.3, -0.25) is 19.7 Å². The van der Waals surface area contributed by atoms with Crippen LogP contribution in [0.2, 0.25) is 5.02 Å². The van der Waals surface area contributed by atoms with Gasteiger partial charge in [-0.15, -0.1) is 0 Å². The molecule has 0 N–H and O–H groups in total. The molecule has 1 saturated heterocycles. The number of carbonyl (C=O) groups excluding carboxylic acids is 3. The molecule has 1 fully saturated rings. The highest BCUT2D eigenvalue weighted by molar-refractivity contribution is 6.46. The average Bonchev–Trinajstić information content (AvgIpc) is 3.00. The van der Waals surface area contributed by atoms with Crippen LogP contribution < -0.4 is 19.3 Å². The van der Waals surface area contributed by atoms with E-state index in [0.29, 0.717) is 22.5 Å². The van der Waals surface area contributed by atoms with Crippen LogP contribution in [0.5, 0.6) is 11.5 Å². The van der Waals surface area contributed by atoms with Gasteiger partial charge in [0.2, 0.25) is 0 Å². The first-order chi connectivity index (χ1) is 20.8. The number of hydrogen-bond donors (Lipinski definition) is 0. The first-order valence-corrected chi connectivity index (χ1v) is 13.5. The highest BCUT2D eigenvalue weighted by atomic mass is 35.5. The Balaban J connectivity index is 1.53. The van der Waals surface area contributed by atoms with E-state index in [-0.39, 0.29) is 41.0 Å². The molecular formula is C32H24ClN3O7. The van der Waals surface area contributed by atoms with Gasteiger partial charge < -0.3 is 9.47 Å². The van der Waals surface area contributed by atoms with Gasteiger partial charge in [-0.1, -0.05) is 60.1 Å². The maximum absolute atomic E-state index is 13.7. The number of nitro benzene ring substituents is 1. The molecule has 10 nitrogen and oxygen atoms in total. The molecule has 4 aromatic carbocycles. The number of imide groups is 2. The average molecular weight is 598 g/mol. The van der Waals surface area contributed by atoms with Crippen molar-refractivity contribution in [2.24, 2.45) is 0 Å². The Morgan fingerprint density at radius 3 is 1.98 bits per heavy atom. The fourth-order valence-electron chi connectivity index (χ4n) is 4.50. The van der Waals surface area contributed by atoms with Crippen molar-refractivity contribution in [3.05, 3.63) is 129 Å². The summed E-state index contributed by atoms with van der Waals surface area (Å²) in [5.41, 5.74) is 1.15. The number of benzene rings is 4. The molecular weight excluding hydrogens is 574 g/mol. The number of para-hydroxylation sites is 2. The summed E-state index contributed by atoms with van der Waals surface area (Å²) in [6.07, 6.45) is 1.35. The molecule has 0 saturated carbocycles. The molecule has 1 heterocycles.